The van der Waals surface area contributed by atoms with E-state index in [2.05, 4.69) is 34.7 Å². The molecule has 26 heavy (non-hydrogen) atoms. The van der Waals surface area contributed by atoms with Crippen molar-refractivity contribution in [3.05, 3.63) is 32.5 Å². The van der Waals surface area contributed by atoms with Crippen LogP contribution >= 0.6 is 22.6 Å². The normalized spacial score (nSPS) is 21.1. The second kappa shape index (κ2) is 5.93. The maximum atomic E-state index is 13.0. The minimum atomic E-state index is -0.456. The fraction of sp³-hybridized carbons (Fsp3) is 0.412. The molecular formula is C17H18IN5O3. The first-order valence-corrected chi connectivity index (χ1v) is 9.26. The Labute approximate surface area is 163 Å². The zero-order valence-electron chi connectivity index (χ0n) is 14.6. The van der Waals surface area contributed by atoms with Gasteiger partial charge in [0.15, 0.2) is 17.3 Å². The number of rotatable bonds is 2. The average Bonchev–Trinajstić information content (AvgIpc) is 3.02. The first kappa shape index (κ1) is 17.3. The number of halogens is 1. The zero-order valence-corrected chi connectivity index (χ0v) is 16.7. The third-order valence-corrected chi connectivity index (χ3v) is 5.60. The van der Waals surface area contributed by atoms with Crippen LogP contribution in [-0.2, 0) is 4.79 Å². The Hall–Kier alpha value is -2.17. The van der Waals surface area contributed by atoms with E-state index in [1.165, 1.54) is 7.11 Å². The van der Waals surface area contributed by atoms with Gasteiger partial charge in [-0.25, -0.2) is 0 Å². The van der Waals surface area contributed by atoms with Crippen LogP contribution in [0.15, 0.2) is 23.4 Å². The SMILES string of the molecule is COc1cc([C@@H]2C3=C(CC(C)(C)CC3=O)Nc3nnnn32)cc(I)c1O. The molecule has 2 aliphatic rings. The monoisotopic (exact) mass is 467 g/mol. The summed E-state index contributed by atoms with van der Waals surface area (Å²) >= 11 is 2.04. The number of benzene rings is 1. The third-order valence-electron chi connectivity index (χ3n) is 4.78. The molecule has 0 saturated heterocycles. The van der Waals surface area contributed by atoms with Gasteiger partial charge in [-0.15, -0.1) is 0 Å². The Bertz CT molecular complexity index is 950. The number of tetrazole rings is 1. The summed E-state index contributed by atoms with van der Waals surface area (Å²) in [5, 5.41) is 25.3. The van der Waals surface area contributed by atoms with Gasteiger partial charge in [0.05, 0.1) is 10.7 Å². The number of carbonyl (C=O) groups is 1. The third kappa shape index (κ3) is 2.65. The van der Waals surface area contributed by atoms with Crippen LogP contribution in [0.5, 0.6) is 11.5 Å². The quantitative estimate of drug-likeness (QED) is 0.655. The molecule has 1 aromatic heterocycles. The summed E-state index contributed by atoms with van der Waals surface area (Å²) in [5.74, 6) is 1.01. The summed E-state index contributed by atoms with van der Waals surface area (Å²) < 4.78 is 7.53. The molecule has 1 aliphatic carbocycles. The Balaban J connectivity index is 1.93. The summed E-state index contributed by atoms with van der Waals surface area (Å²) in [6.45, 7) is 4.16. The number of nitrogens with one attached hydrogen (secondary N) is 1. The molecule has 0 fully saturated rings. The van der Waals surface area contributed by atoms with E-state index in [0.29, 0.717) is 27.3 Å². The molecule has 0 saturated carbocycles. The summed E-state index contributed by atoms with van der Waals surface area (Å²) in [7, 11) is 1.50. The fourth-order valence-electron chi connectivity index (χ4n) is 3.69. The molecule has 2 N–H and O–H groups in total. The molecule has 8 nitrogen and oxygen atoms in total. The maximum Gasteiger partial charge on any atom is 0.248 e. The van der Waals surface area contributed by atoms with Crippen LogP contribution in [0.3, 0.4) is 0 Å². The van der Waals surface area contributed by atoms with E-state index in [1.54, 1.807) is 10.7 Å². The number of anilines is 1. The van der Waals surface area contributed by atoms with Gasteiger partial charge in [0.2, 0.25) is 5.95 Å². The highest BCUT2D eigenvalue weighted by molar-refractivity contribution is 14.1. The van der Waals surface area contributed by atoms with Gasteiger partial charge in [0.25, 0.3) is 0 Å². The molecule has 0 spiro atoms. The van der Waals surface area contributed by atoms with E-state index in [1.807, 2.05) is 28.7 Å². The molecule has 2 heterocycles. The minimum Gasteiger partial charge on any atom is -0.504 e. The van der Waals surface area contributed by atoms with Crippen molar-refractivity contribution in [2.24, 2.45) is 5.41 Å². The molecule has 1 aromatic carbocycles. The lowest BCUT2D eigenvalue weighted by Crippen LogP contribution is -2.36. The van der Waals surface area contributed by atoms with Gasteiger partial charge in [-0.3, -0.25) is 4.79 Å². The van der Waals surface area contributed by atoms with Gasteiger partial charge >= 0.3 is 0 Å². The van der Waals surface area contributed by atoms with Crippen molar-refractivity contribution in [1.82, 2.24) is 20.2 Å². The first-order chi connectivity index (χ1) is 12.3. The van der Waals surface area contributed by atoms with Crippen LogP contribution in [0.25, 0.3) is 0 Å². The Kier molecular flexibility index (Phi) is 3.94. The lowest BCUT2D eigenvalue weighted by Gasteiger charge is -2.37. The second-order valence-electron chi connectivity index (χ2n) is 7.36. The fourth-order valence-corrected chi connectivity index (χ4v) is 4.31. The number of phenols is 1. The number of aromatic hydroxyl groups is 1. The van der Waals surface area contributed by atoms with Gasteiger partial charge in [0.1, 0.15) is 6.04 Å². The van der Waals surface area contributed by atoms with E-state index < -0.39 is 6.04 Å². The average molecular weight is 467 g/mol. The number of allylic oxidation sites excluding steroid dienone is 2. The van der Waals surface area contributed by atoms with E-state index in [-0.39, 0.29) is 16.9 Å². The van der Waals surface area contributed by atoms with Crippen LogP contribution in [0, 0.1) is 8.99 Å². The molecule has 1 atom stereocenters. The number of methoxy groups -OCH3 is 1. The van der Waals surface area contributed by atoms with E-state index in [9.17, 15) is 9.90 Å². The highest BCUT2D eigenvalue weighted by atomic mass is 127. The standard InChI is InChI=1S/C17H18IN5O3/c1-17(2)6-10-13(11(24)7-17)14(23-16(19-10)20-21-22-23)8-4-9(18)15(25)12(5-8)26-3/h4-5,14,25H,6-7H2,1-3H3,(H,19,20,22)/t14-/m1/s1. The number of hydrogen-bond donors (Lipinski definition) is 2. The lowest BCUT2D eigenvalue weighted by atomic mass is 9.73. The predicted molar refractivity (Wildman–Crippen MR) is 102 cm³/mol. The lowest BCUT2D eigenvalue weighted by molar-refractivity contribution is -0.118. The highest BCUT2D eigenvalue weighted by Gasteiger charge is 2.42. The van der Waals surface area contributed by atoms with Crippen molar-refractivity contribution >= 4 is 34.3 Å². The number of hydrogen-bond acceptors (Lipinski definition) is 7. The van der Waals surface area contributed by atoms with Gasteiger partial charge < -0.3 is 15.2 Å². The van der Waals surface area contributed by atoms with Crippen LogP contribution < -0.4 is 10.1 Å². The van der Waals surface area contributed by atoms with Gasteiger partial charge in [0, 0.05) is 17.7 Å². The molecule has 2 aromatic rings. The van der Waals surface area contributed by atoms with Crippen molar-refractivity contribution in [1.29, 1.82) is 0 Å². The molecule has 9 heteroatoms. The molecule has 0 amide bonds. The van der Waals surface area contributed by atoms with Gasteiger partial charge in [-0.1, -0.05) is 18.9 Å². The van der Waals surface area contributed by atoms with E-state index in [0.717, 1.165) is 17.7 Å². The Morgan fingerprint density at radius 1 is 1.38 bits per heavy atom. The second-order valence-corrected chi connectivity index (χ2v) is 8.52. The molecule has 0 bridgehead atoms. The summed E-state index contributed by atoms with van der Waals surface area (Å²) in [6, 6.07) is 3.11. The first-order valence-electron chi connectivity index (χ1n) is 8.18. The number of ketones is 1. The minimum absolute atomic E-state index is 0.0769. The van der Waals surface area contributed by atoms with E-state index in [4.69, 9.17) is 4.74 Å². The number of carbonyl (C=O) groups excluding carboxylic acids is 1. The molecule has 0 unspecified atom stereocenters. The number of Topliss-reactive ketones (excluding diaryl/α,β-unsaturated/α-hetero) is 1. The van der Waals surface area contributed by atoms with Crippen molar-refractivity contribution in [2.45, 2.75) is 32.7 Å². The smallest absolute Gasteiger partial charge is 0.248 e. The van der Waals surface area contributed by atoms with Gasteiger partial charge in [-0.05, 0) is 62.5 Å². The Morgan fingerprint density at radius 2 is 2.15 bits per heavy atom. The van der Waals surface area contributed by atoms with Crippen LogP contribution in [0.2, 0.25) is 0 Å². The summed E-state index contributed by atoms with van der Waals surface area (Å²) in [6.07, 6.45) is 1.21. The number of fused-ring (bicyclic) bond motifs is 1. The van der Waals surface area contributed by atoms with Gasteiger partial charge in [-0.2, -0.15) is 4.68 Å². The van der Waals surface area contributed by atoms with Crippen LogP contribution in [0.4, 0.5) is 5.95 Å². The molecule has 1 aliphatic heterocycles. The topological polar surface area (TPSA) is 102 Å². The molecule has 4 rings (SSSR count). The largest absolute Gasteiger partial charge is 0.504 e. The zero-order chi connectivity index (χ0) is 18.6. The van der Waals surface area contributed by atoms with Crippen molar-refractivity contribution < 1.29 is 14.6 Å². The Morgan fingerprint density at radius 3 is 2.88 bits per heavy atom. The van der Waals surface area contributed by atoms with Crippen molar-refractivity contribution in [2.75, 3.05) is 12.4 Å². The van der Waals surface area contributed by atoms with Crippen LogP contribution in [0.1, 0.15) is 38.3 Å². The highest BCUT2D eigenvalue weighted by Crippen LogP contribution is 2.46. The summed E-state index contributed by atoms with van der Waals surface area (Å²) in [5.41, 5.74) is 2.21. The molecular weight excluding hydrogens is 449 g/mol. The van der Waals surface area contributed by atoms with Crippen molar-refractivity contribution in [3.63, 3.8) is 0 Å². The number of ether oxygens (including phenoxy) is 1. The van der Waals surface area contributed by atoms with E-state index >= 15 is 0 Å². The number of phenolic OH excluding ortho intramolecular Hbond substituents is 1. The predicted octanol–water partition coefficient (Wildman–Crippen LogP) is 2.65. The molecule has 0 radical (unpaired) electrons. The van der Waals surface area contributed by atoms with Crippen molar-refractivity contribution in [3.8, 4) is 11.5 Å². The number of aromatic nitrogens is 4. The molecule has 136 valence electrons. The number of nitrogens with zero attached hydrogens (tertiary/aromatic N) is 4. The van der Waals surface area contributed by atoms with Crippen LogP contribution in [-0.4, -0.2) is 38.2 Å². The summed E-state index contributed by atoms with van der Waals surface area (Å²) in [4.78, 5) is 13.0. The maximum absolute atomic E-state index is 13.0.